The van der Waals surface area contributed by atoms with Gasteiger partial charge in [0.2, 0.25) is 0 Å². The fourth-order valence-electron chi connectivity index (χ4n) is 8.94. The number of likely N-dealkylation sites (tertiary alicyclic amines) is 1. The van der Waals surface area contributed by atoms with Gasteiger partial charge in [-0.15, -0.1) is 0 Å². The number of carbonyl (C=O) groups is 1. The van der Waals surface area contributed by atoms with Crippen LogP contribution in [0.4, 0.5) is 0 Å². The lowest BCUT2D eigenvalue weighted by atomic mass is 9.53. The monoisotopic (exact) mass is 574 g/mol. The molecule has 0 saturated carbocycles. The summed E-state index contributed by atoms with van der Waals surface area (Å²) in [6.45, 7) is 0.804. The zero-order valence-electron chi connectivity index (χ0n) is 24.4. The Morgan fingerprint density at radius 1 is 1.10 bits per heavy atom. The van der Waals surface area contributed by atoms with E-state index in [0.717, 1.165) is 37.8 Å². The van der Waals surface area contributed by atoms with E-state index in [4.69, 9.17) is 9.47 Å². The van der Waals surface area contributed by atoms with Crippen LogP contribution in [0.25, 0.3) is 0 Å². The van der Waals surface area contributed by atoms with Crippen molar-refractivity contribution in [1.82, 2.24) is 9.80 Å². The Morgan fingerprint density at radius 3 is 2.55 bits per heavy atom. The number of ether oxygens (including phenoxy) is 2. The third-order valence-electron chi connectivity index (χ3n) is 11.2. The molecule has 224 valence electrons. The summed E-state index contributed by atoms with van der Waals surface area (Å²) in [5.41, 5.74) is 3.11. The van der Waals surface area contributed by atoms with Crippen molar-refractivity contribution in [2.45, 2.75) is 86.3 Å². The summed E-state index contributed by atoms with van der Waals surface area (Å²) in [5, 5.41) is 30.2. The van der Waals surface area contributed by atoms with Crippen molar-refractivity contribution in [2.75, 3.05) is 27.2 Å². The highest BCUT2D eigenvalue weighted by Crippen LogP contribution is 2.62. The van der Waals surface area contributed by atoms with Crippen LogP contribution in [0.2, 0.25) is 0 Å². The zero-order valence-corrected chi connectivity index (χ0v) is 24.4. The molecule has 3 fully saturated rings. The van der Waals surface area contributed by atoms with Crippen molar-refractivity contribution in [2.24, 2.45) is 5.92 Å². The first-order valence-corrected chi connectivity index (χ1v) is 15.5. The Labute approximate surface area is 247 Å². The highest BCUT2D eigenvalue weighted by Gasteiger charge is 2.64. The number of piperidine rings is 2. The minimum absolute atomic E-state index is 0.00367. The van der Waals surface area contributed by atoms with Gasteiger partial charge >= 0.3 is 5.97 Å². The number of benzene rings is 2. The molecule has 2 aromatic carbocycles. The molecule has 3 N–H and O–H groups in total. The molecule has 2 aromatic rings. The number of phenols is 1. The standard InChI is InChI=1S/C17H19NO3.C17H23NO3/c1-18-7-6-17-10-3-5-13(20)16(17)21-15-12(19)4-2-9(14(15)17)8-11(10)18;1-18-13-7-8-14(18)10-15(9-13)21-17(20)16(11-19)12-5-3-2-4-6-12/h2-5,10-11,13,16,19-20H,6-8H2,1H3;2-6,13-16,19H,7-11H2,1H3/t10-,11+,13-,16-,17-;13-,14+,15?,16?/m0./s1. The molecule has 4 bridgehead atoms. The minimum atomic E-state index is -0.594. The molecule has 42 heavy (non-hydrogen) atoms. The van der Waals surface area contributed by atoms with E-state index in [1.807, 2.05) is 42.5 Å². The van der Waals surface area contributed by atoms with Crippen LogP contribution in [0.3, 0.4) is 0 Å². The Hall–Kier alpha value is -2.91. The number of phenolic OH excluding ortho intramolecular Hbond substituents is 1. The van der Waals surface area contributed by atoms with E-state index in [2.05, 4.69) is 30.0 Å². The van der Waals surface area contributed by atoms with E-state index in [9.17, 15) is 20.1 Å². The van der Waals surface area contributed by atoms with Gasteiger partial charge in [0.05, 0.1) is 6.61 Å². The van der Waals surface area contributed by atoms with E-state index < -0.39 is 12.0 Å². The van der Waals surface area contributed by atoms with E-state index in [-0.39, 0.29) is 35.9 Å². The summed E-state index contributed by atoms with van der Waals surface area (Å²) in [6, 6.07) is 14.7. The van der Waals surface area contributed by atoms with E-state index in [0.29, 0.717) is 29.8 Å². The average Bonchev–Trinajstić information content (AvgIpc) is 3.43. The predicted octanol–water partition coefficient (Wildman–Crippen LogP) is 3.13. The summed E-state index contributed by atoms with van der Waals surface area (Å²) in [6.07, 6.45) is 9.44. The molecule has 0 aromatic heterocycles. The number of aromatic hydroxyl groups is 1. The maximum absolute atomic E-state index is 12.4. The van der Waals surface area contributed by atoms with Gasteiger partial charge in [0.25, 0.3) is 0 Å². The first-order valence-electron chi connectivity index (χ1n) is 15.5. The SMILES string of the molecule is CN1CC[C@]23c4c5ccc(O)c4O[C@H]2[C@@H](O)C=C[C@H]3[C@H]1C5.CN1[C@@H]2CC[C@H]1CC(OC(=O)C(CO)c1ccccc1)C2. The van der Waals surface area contributed by atoms with Crippen LogP contribution in [-0.4, -0.2) is 94.8 Å². The summed E-state index contributed by atoms with van der Waals surface area (Å²) in [4.78, 5) is 17.2. The first kappa shape index (κ1) is 27.9. The molecule has 8 rings (SSSR count). The number of aliphatic hydroxyl groups is 2. The van der Waals surface area contributed by atoms with Crippen LogP contribution < -0.4 is 4.74 Å². The van der Waals surface area contributed by atoms with Crippen LogP contribution in [-0.2, 0) is 21.4 Å². The number of carbonyl (C=O) groups excluding carboxylic acids is 1. The average molecular weight is 575 g/mol. The van der Waals surface area contributed by atoms with E-state index in [1.54, 1.807) is 6.07 Å². The third kappa shape index (κ3) is 4.29. The van der Waals surface area contributed by atoms with Gasteiger partial charge in [0.15, 0.2) is 11.5 Å². The highest BCUT2D eigenvalue weighted by atomic mass is 16.5. The van der Waals surface area contributed by atoms with Crippen LogP contribution in [0.1, 0.15) is 54.7 Å². The molecule has 8 nitrogen and oxygen atoms in total. The second-order valence-corrected chi connectivity index (χ2v) is 13.2. The quantitative estimate of drug-likeness (QED) is 0.378. The maximum atomic E-state index is 12.4. The fourth-order valence-corrected chi connectivity index (χ4v) is 8.94. The molecule has 2 aliphatic carbocycles. The number of rotatable bonds is 4. The molecule has 0 amide bonds. The van der Waals surface area contributed by atoms with Crippen molar-refractivity contribution in [1.29, 1.82) is 0 Å². The van der Waals surface area contributed by atoms with Gasteiger partial charge < -0.3 is 34.6 Å². The van der Waals surface area contributed by atoms with Crippen LogP contribution >= 0.6 is 0 Å². The Bertz CT molecular complexity index is 1350. The van der Waals surface area contributed by atoms with E-state index in [1.165, 1.54) is 24.0 Å². The minimum Gasteiger partial charge on any atom is -0.504 e. The lowest BCUT2D eigenvalue weighted by Crippen LogP contribution is -2.64. The van der Waals surface area contributed by atoms with Gasteiger partial charge in [-0.1, -0.05) is 48.6 Å². The summed E-state index contributed by atoms with van der Waals surface area (Å²) >= 11 is 0. The van der Waals surface area contributed by atoms with Gasteiger partial charge in [-0.25, -0.2) is 0 Å². The summed E-state index contributed by atoms with van der Waals surface area (Å²) in [7, 11) is 4.36. The lowest BCUT2D eigenvalue weighted by Gasteiger charge is -2.56. The molecule has 8 heteroatoms. The van der Waals surface area contributed by atoms with Gasteiger partial charge in [0.1, 0.15) is 24.2 Å². The first-order chi connectivity index (χ1) is 20.3. The van der Waals surface area contributed by atoms with Crippen molar-refractivity contribution >= 4 is 5.97 Å². The van der Waals surface area contributed by atoms with Crippen molar-refractivity contribution in [3.05, 3.63) is 71.3 Å². The van der Waals surface area contributed by atoms with Crippen molar-refractivity contribution < 1.29 is 29.6 Å². The van der Waals surface area contributed by atoms with Gasteiger partial charge in [-0.05, 0) is 76.4 Å². The largest absolute Gasteiger partial charge is 0.504 e. The number of nitrogens with zero attached hydrogens (tertiary/aromatic N) is 2. The molecule has 9 atom stereocenters. The Morgan fingerprint density at radius 2 is 1.83 bits per heavy atom. The topological polar surface area (TPSA) is 103 Å². The van der Waals surface area contributed by atoms with Crippen LogP contribution in [0.15, 0.2) is 54.6 Å². The van der Waals surface area contributed by atoms with Gasteiger partial charge in [0, 0.05) is 35.0 Å². The van der Waals surface area contributed by atoms with Gasteiger partial charge in [-0.2, -0.15) is 0 Å². The number of hydrogen-bond acceptors (Lipinski definition) is 8. The molecular formula is C34H42N2O6. The smallest absolute Gasteiger partial charge is 0.316 e. The number of aliphatic hydroxyl groups excluding tert-OH is 2. The van der Waals surface area contributed by atoms with Crippen LogP contribution in [0.5, 0.6) is 11.5 Å². The zero-order chi connectivity index (χ0) is 29.2. The molecule has 4 heterocycles. The molecule has 2 unspecified atom stereocenters. The summed E-state index contributed by atoms with van der Waals surface area (Å²) in [5.74, 6) is 0.329. The van der Waals surface area contributed by atoms with Gasteiger partial charge in [-0.3, -0.25) is 4.79 Å². The Balaban J connectivity index is 0.000000137. The van der Waals surface area contributed by atoms with E-state index >= 15 is 0 Å². The van der Waals surface area contributed by atoms with Crippen molar-refractivity contribution in [3.63, 3.8) is 0 Å². The third-order valence-corrected chi connectivity index (χ3v) is 11.2. The fraction of sp³-hybridized carbons (Fsp3) is 0.559. The van der Waals surface area contributed by atoms with Crippen molar-refractivity contribution in [3.8, 4) is 11.5 Å². The maximum Gasteiger partial charge on any atom is 0.316 e. The number of fused-ring (bicyclic) bond motifs is 2. The normalized spacial score (nSPS) is 36.3. The molecule has 1 spiro atoms. The second kappa shape index (κ2) is 10.7. The number of likely N-dealkylation sites (N-methyl/N-ethyl adjacent to an activating group) is 1. The summed E-state index contributed by atoms with van der Waals surface area (Å²) < 4.78 is 11.8. The predicted molar refractivity (Wildman–Crippen MR) is 158 cm³/mol. The molecular weight excluding hydrogens is 532 g/mol. The molecule has 0 radical (unpaired) electrons. The number of hydrogen-bond donors (Lipinski definition) is 3. The Kier molecular flexibility index (Phi) is 7.08. The molecule has 3 saturated heterocycles. The number of esters is 1. The molecule has 4 aliphatic heterocycles. The highest BCUT2D eigenvalue weighted by molar-refractivity contribution is 5.78. The van der Waals surface area contributed by atoms with Crippen LogP contribution in [0, 0.1) is 5.92 Å². The molecule has 6 aliphatic rings. The lowest BCUT2D eigenvalue weighted by molar-refractivity contribution is -0.155. The second-order valence-electron chi connectivity index (χ2n) is 13.2.